The molecule has 1 aliphatic rings. The van der Waals surface area contributed by atoms with Crippen molar-refractivity contribution in [1.29, 1.82) is 0 Å². The van der Waals surface area contributed by atoms with Crippen molar-refractivity contribution in [2.45, 2.75) is 38.5 Å². The molecule has 2 unspecified atom stereocenters. The molecule has 0 bridgehead atoms. The van der Waals surface area contributed by atoms with Crippen molar-refractivity contribution in [3.63, 3.8) is 0 Å². The summed E-state index contributed by atoms with van der Waals surface area (Å²) in [5, 5.41) is 10.6. The highest BCUT2D eigenvalue weighted by atomic mass is 35.5. The van der Waals surface area contributed by atoms with E-state index in [2.05, 4.69) is 29.3 Å². The number of carboxylic acid groups (broad SMARTS) is 1. The van der Waals surface area contributed by atoms with E-state index in [1.54, 1.807) is 31.2 Å². The first kappa shape index (κ1) is 26.4. The van der Waals surface area contributed by atoms with Crippen molar-refractivity contribution in [1.82, 2.24) is 0 Å². The SMILES string of the molecule is CCC1=C(C(=O)OCCC(c2ccccc2)c2ccccc2)C(c2cccc(Cl)c2)C(C(=O)O)C(C)=N1. The molecule has 4 rings (SSSR count). The number of aliphatic imine (C=N–C) groups is 1. The number of carboxylic acids is 1. The minimum atomic E-state index is -1.04. The molecule has 1 aliphatic heterocycles. The molecule has 1 heterocycles. The highest BCUT2D eigenvalue weighted by molar-refractivity contribution is 6.30. The summed E-state index contributed by atoms with van der Waals surface area (Å²) in [5.74, 6) is -3.26. The van der Waals surface area contributed by atoms with Gasteiger partial charge in [-0.05, 0) is 48.6 Å². The zero-order valence-corrected chi connectivity index (χ0v) is 21.7. The molecule has 3 aromatic rings. The number of hydrogen-bond acceptors (Lipinski definition) is 4. The molecular weight excluding hydrogens is 486 g/mol. The van der Waals surface area contributed by atoms with E-state index in [9.17, 15) is 14.7 Å². The Bertz CT molecular complexity index is 1280. The van der Waals surface area contributed by atoms with Crippen LogP contribution in [0.1, 0.15) is 55.2 Å². The number of hydrogen-bond donors (Lipinski definition) is 1. The maximum absolute atomic E-state index is 13.6. The molecule has 0 aromatic heterocycles. The Kier molecular flexibility index (Phi) is 8.57. The quantitative estimate of drug-likeness (QED) is 0.310. The molecule has 0 radical (unpaired) electrons. The number of aliphatic carboxylic acids is 1. The van der Waals surface area contributed by atoms with Crippen LogP contribution < -0.4 is 0 Å². The van der Waals surface area contributed by atoms with Gasteiger partial charge < -0.3 is 9.84 Å². The number of halogens is 1. The number of allylic oxidation sites excluding steroid dienone is 1. The summed E-state index contributed by atoms with van der Waals surface area (Å²) in [5.41, 5.74) is 4.22. The van der Waals surface area contributed by atoms with Crippen LogP contribution in [0.2, 0.25) is 5.02 Å². The zero-order chi connectivity index (χ0) is 26.4. The van der Waals surface area contributed by atoms with Crippen LogP contribution in [0.25, 0.3) is 0 Å². The number of ether oxygens (including phenoxy) is 1. The van der Waals surface area contributed by atoms with E-state index in [0.29, 0.717) is 40.4 Å². The molecule has 3 aromatic carbocycles. The summed E-state index contributed by atoms with van der Waals surface area (Å²) in [6.07, 6.45) is 1.06. The second-order valence-electron chi connectivity index (χ2n) is 9.11. The average Bonchev–Trinajstić information content (AvgIpc) is 2.91. The first-order valence-electron chi connectivity index (χ1n) is 12.4. The van der Waals surface area contributed by atoms with Crippen molar-refractivity contribution in [3.8, 4) is 0 Å². The molecule has 0 aliphatic carbocycles. The van der Waals surface area contributed by atoms with Crippen molar-refractivity contribution in [2.24, 2.45) is 10.9 Å². The molecule has 5 nitrogen and oxygen atoms in total. The number of rotatable bonds is 9. The van der Waals surface area contributed by atoms with Crippen LogP contribution in [-0.4, -0.2) is 29.4 Å². The van der Waals surface area contributed by atoms with Gasteiger partial charge >= 0.3 is 11.9 Å². The van der Waals surface area contributed by atoms with Gasteiger partial charge in [0, 0.05) is 22.6 Å². The lowest BCUT2D eigenvalue weighted by Gasteiger charge is -2.31. The largest absolute Gasteiger partial charge is 0.481 e. The van der Waals surface area contributed by atoms with E-state index in [0.717, 1.165) is 11.1 Å². The van der Waals surface area contributed by atoms with Crippen LogP contribution in [0.3, 0.4) is 0 Å². The molecule has 0 saturated heterocycles. The van der Waals surface area contributed by atoms with Gasteiger partial charge in [0.1, 0.15) is 5.92 Å². The highest BCUT2D eigenvalue weighted by Gasteiger charge is 2.42. The molecule has 37 heavy (non-hydrogen) atoms. The Labute approximate surface area is 222 Å². The van der Waals surface area contributed by atoms with Crippen LogP contribution in [-0.2, 0) is 14.3 Å². The number of carbonyl (C=O) groups excluding carboxylic acids is 1. The third-order valence-electron chi connectivity index (χ3n) is 6.79. The third kappa shape index (κ3) is 6.00. The first-order valence-corrected chi connectivity index (χ1v) is 12.8. The Hall–Kier alpha value is -3.70. The van der Waals surface area contributed by atoms with Crippen molar-refractivity contribution >= 4 is 29.3 Å². The molecule has 6 heteroatoms. The molecule has 0 saturated carbocycles. The van der Waals surface area contributed by atoms with Gasteiger partial charge in [0.05, 0.1) is 17.9 Å². The maximum atomic E-state index is 13.6. The van der Waals surface area contributed by atoms with Crippen LogP contribution in [0.5, 0.6) is 0 Å². The Morgan fingerprint density at radius 2 is 1.59 bits per heavy atom. The summed E-state index contributed by atoms with van der Waals surface area (Å²) < 4.78 is 5.84. The summed E-state index contributed by atoms with van der Waals surface area (Å²) >= 11 is 6.25. The molecule has 190 valence electrons. The van der Waals surface area contributed by atoms with Gasteiger partial charge in [-0.25, -0.2) is 4.79 Å². The van der Waals surface area contributed by atoms with E-state index in [1.165, 1.54) is 0 Å². The van der Waals surface area contributed by atoms with Gasteiger partial charge in [-0.3, -0.25) is 9.79 Å². The summed E-state index contributed by atoms with van der Waals surface area (Å²) in [6, 6.07) is 27.2. The molecular formula is C31H30ClNO4. The number of carbonyl (C=O) groups is 2. The lowest BCUT2D eigenvalue weighted by molar-refractivity contribution is -0.141. The number of nitrogens with zero attached hydrogens (tertiary/aromatic N) is 1. The fourth-order valence-corrected chi connectivity index (χ4v) is 5.27. The maximum Gasteiger partial charge on any atom is 0.336 e. The molecule has 0 amide bonds. The van der Waals surface area contributed by atoms with Crippen molar-refractivity contribution < 1.29 is 19.4 Å². The van der Waals surface area contributed by atoms with Gasteiger partial charge in [-0.15, -0.1) is 0 Å². The molecule has 1 N–H and O–H groups in total. The van der Waals surface area contributed by atoms with E-state index >= 15 is 0 Å². The summed E-state index contributed by atoms with van der Waals surface area (Å²) in [7, 11) is 0. The number of benzene rings is 3. The zero-order valence-electron chi connectivity index (χ0n) is 20.9. The van der Waals surface area contributed by atoms with E-state index in [4.69, 9.17) is 16.3 Å². The monoisotopic (exact) mass is 515 g/mol. The highest BCUT2D eigenvalue weighted by Crippen LogP contribution is 2.41. The Morgan fingerprint density at radius 3 is 2.14 bits per heavy atom. The Morgan fingerprint density at radius 1 is 0.973 bits per heavy atom. The van der Waals surface area contributed by atoms with Gasteiger partial charge in [-0.2, -0.15) is 0 Å². The Balaban J connectivity index is 1.63. The molecule has 0 fully saturated rings. The second-order valence-corrected chi connectivity index (χ2v) is 9.55. The van der Waals surface area contributed by atoms with Gasteiger partial charge in [0.2, 0.25) is 0 Å². The lowest BCUT2D eigenvalue weighted by atomic mass is 9.75. The third-order valence-corrected chi connectivity index (χ3v) is 7.02. The van der Waals surface area contributed by atoms with E-state index < -0.39 is 23.8 Å². The van der Waals surface area contributed by atoms with Crippen molar-refractivity contribution in [3.05, 3.63) is 118 Å². The minimum Gasteiger partial charge on any atom is -0.481 e. The average molecular weight is 516 g/mol. The normalized spacial score (nSPS) is 17.5. The van der Waals surface area contributed by atoms with E-state index in [1.807, 2.05) is 43.3 Å². The summed E-state index contributed by atoms with van der Waals surface area (Å²) in [6.45, 7) is 3.77. The molecule has 2 atom stereocenters. The smallest absolute Gasteiger partial charge is 0.336 e. The van der Waals surface area contributed by atoms with Crippen LogP contribution in [0, 0.1) is 5.92 Å². The van der Waals surface area contributed by atoms with E-state index in [-0.39, 0.29) is 12.5 Å². The lowest BCUT2D eigenvalue weighted by Crippen LogP contribution is -2.35. The van der Waals surface area contributed by atoms with Crippen LogP contribution >= 0.6 is 11.6 Å². The first-order chi connectivity index (χ1) is 17.9. The van der Waals surface area contributed by atoms with Gasteiger partial charge in [0.25, 0.3) is 0 Å². The predicted molar refractivity (Wildman–Crippen MR) is 146 cm³/mol. The van der Waals surface area contributed by atoms with Crippen LogP contribution in [0.4, 0.5) is 0 Å². The van der Waals surface area contributed by atoms with Gasteiger partial charge in [-0.1, -0.05) is 91.3 Å². The van der Waals surface area contributed by atoms with Gasteiger partial charge in [0.15, 0.2) is 0 Å². The topological polar surface area (TPSA) is 76.0 Å². The van der Waals surface area contributed by atoms with Crippen LogP contribution in [0.15, 0.2) is 101 Å². The second kappa shape index (κ2) is 12.0. The number of esters is 1. The standard InChI is InChI=1S/C31H30ClNO4/c1-3-26-29(28(23-15-10-16-24(32)19-23)27(30(34)35)20(2)33-26)31(36)37-18-17-25(21-11-6-4-7-12-21)22-13-8-5-9-14-22/h4-16,19,25,27-28H,3,17-18H2,1-2H3,(H,34,35). The molecule has 0 spiro atoms. The predicted octanol–water partition coefficient (Wildman–Crippen LogP) is 7.03. The fourth-order valence-electron chi connectivity index (χ4n) is 5.07. The van der Waals surface area contributed by atoms with Crippen molar-refractivity contribution in [2.75, 3.05) is 6.61 Å². The summed E-state index contributed by atoms with van der Waals surface area (Å²) in [4.78, 5) is 30.4. The fraction of sp³-hybridized carbons (Fsp3) is 0.258. The minimum absolute atomic E-state index is 0.0527.